The highest BCUT2D eigenvalue weighted by molar-refractivity contribution is 7.09. The number of fused-ring (bicyclic) bond motifs is 1. The molecule has 2 N–H and O–H groups in total. The molecule has 2 aliphatic rings. The fourth-order valence-corrected chi connectivity index (χ4v) is 6.65. The largest absolute Gasteiger partial charge is 0.439 e. The lowest BCUT2D eigenvalue weighted by atomic mass is 9.80. The first-order valence-corrected chi connectivity index (χ1v) is 15.1. The van der Waals surface area contributed by atoms with Crippen molar-refractivity contribution in [2.75, 3.05) is 17.3 Å². The third-order valence-corrected chi connectivity index (χ3v) is 9.47. The second-order valence-corrected chi connectivity index (χ2v) is 12.5. The van der Waals surface area contributed by atoms with E-state index in [2.05, 4.69) is 55.7 Å². The predicted octanol–water partition coefficient (Wildman–Crippen LogP) is 5.47. The Morgan fingerprint density at radius 1 is 1.23 bits per heavy atom. The molecule has 40 heavy (non-hydrogen) atoms. The van der Waals surface area contributed by atoms with Crippen LogP contribution in [-0.4, -0.2) is 47.7 Å². The molecule has 4 aromatic rings. The maximum atomic E-state index is 11.7. The van der Waals surface area contributed by atoms with Gasteiger partial charge in [-0.2, -0.15) is 4.98 Å². The summed E-state index contributed by atoms with van der Waals surface area (Å²) in [6.45, 7) is 11.8. The van der Waals surface area contributed by atoms with Crippen molar-refractivity contribution in [2.45, 2.75) is 78.3 Å². The van der Waals surface area contributed by atoms with Gasteiger partial charge in [0, 0.05) is 29.9 Å². The number of anilines is 2. The number of rotatable bonds is 9. The number of aromatic nitrogens is 7. The Kier molecular flexibility index (Phi) is 7.20. The number of aryl methyl sites for hydroxylation is 1. The minimum atomic E-state index is -0.652. The molecule has 2 fully saturated rings. The first kappa shape index (κ1) is 26.7. The zero-order chi connectivity index (χ0) is 28.0. The molecule has 4 heterocycles. The van der Waals surface area contributed by atoms with Crippen LogP contribution in [0.15, 0.2) is 21.3 Å². The van der Waals surface area contributed by atoms with Crippen LogP contribution in [0.5, 0.6) is 0 Å². The Morgan fingerprint density at radius 3 is 2.62 bits per heavy atom. The number of imidazole rings is 1. The molecule has 0 aliphatic heterocycles. The van der Waals surface area contributed by atoms with Gasteiger partial charge >= 0.3 is 5.76 Å². The second-order valence-electron chi connectivity index (χ2n) is 11.6. The van der Waals surface area contributed by atoms with Crippen molar-refractivity contribution in [2.24, 2.45) is 17.8 Å². The molecule has 0 bridgehead atoms. The molecule has 0 radical (unpaired) electrons. The molecular weight excluding hydrogens is 526 g/mol. The van der Waals surface area contributed by atoms with E-state index >= 15 is 0 Å². The Hall–Kier alpha value is -3.54. The minimum Gasteiger partial charge on any atom is -0.365 e. The SMILES string of the molecule is C=C(C1CCC(C)CC1)n1c(N(C)Cc2nc(C)cs2)nc2nc(-c3noc(=O)[nH]3)nc(NC(C)C3CCC3)c21. The lowest BCUT2D eigenvalue weighted by Gasteiger charge is -2.33. The minimum absolute atomic E-state index is 0.175. The van der Waals surface area contributed by atoms with Gasteiger partial charge in [0.15, 0.2) is 11.5 Å². The number of aromatic amines is 1. The number of allylic oxidation sites excluding steroid dienone is 1. The number of hydrogen-bond acceptors (Lipinski definition) is 10. The summed E-state index contributed by atoms with van der Waals surface area (Å²) in [5.41, 5.74) is 3.33. The van der Waals surface area contributed by atoms with Gasteiger partial charge in [0.1, 0.15) is 10.5 Å². The summed E-state index contributed by atoms with van der Waals surface area (Å²) in [7, 11) is 2.03. The van der Waals surface area contributed by atoms with Crippen LogP contribution in [0, 0.1) is 24.7 Å². The zero-order valence-electron chi connectivity index (χ0n) is 23.6. The average molecular weight is 564 g/mol. The van der Waals surface area contributed by atoms with Gasteiger partial charge in [0.2, 0.25) is 17.6 Å². The third kappa shape index (κ3) is 5.16. The highest BCUT2D eigenvalue weighted by Gasteiger charge is 2.31. The Morgan fingerprint density at radius 2 is 2.00 bits per heavy atom. The molecule has 0 aromatic carbocycles. The Balaban J connectivity index is 1.50. The van der Waals surface area contributed by atoms with Crippen molar-refractivity contribution in [1.29, 1.82) is 0 Å². The van der Waals surface area contributed by atoms with Crippen molar-refractivity contribution in [3.05, 3.63) is 33.2 Å². The van der Waals surface area contributed by atoms with Crippen LogP contribution in [0.2, 0.25) is 0 Å². The zero-order valence-corrected chi connectivity index (χ0v) is 24.4. The average Bonchev–Trinajstić information content (AvgIpc) is 3.61. The van der Waals surface area contributed by atoms with Crippen molar-refractivity contribution in [3.8, 4) is 11.6 Å². The van der Waals surface area contributed by atoms with Gasteiger partial charge in [-0.25, -0.2) is 19.7 Å². The van der Waals surface area contributed by atoms with E-state index in [-0.39, 0.29) is 17.7 Å². The van der Waals surface area contributed by atoms with Gasteiger partial charge in [-0.05, 0) is 57.3 Å². The molecule has 212 valence electrons. The van der Waals surface area contributed by atoms with E-state index in [4.69, 9.17) is 19.5 Å². The quantitative estimate of drug-likeness (QED) is 0.272. The van der Waals surface area contributed by atoms with Crippen LogP contribution in [0.25, 0.3) is 28.5 Å². The Bertz CT molecular complexity index is 1570. The summed E-state index contributed by atoms with van der Waals surface area (Å²) >= 11 is 1.64. The third-order valence-electron chi connectivity index (χ3n) is 8.52. The lowest BCUT2D eigenvalue weighted by molar-refractivity contribution is 0.285. The molecule has 11 nitrogen and oxygen atoms in total. The van der Waals surface area contributed by atoms with Crippen molar-refractivity contribution < 1.29 is 4.52 Å². The normalized spacial score (nSPS) is 20.4. The van der Waals surface area contributed by atoms with Gasteiger partial charge in [0.25, 0.3) is 0 Å². The fourth-order valence-electron chi connectivity index (χ4n) is 5.83. The number of thiazole rings is 1. The summed E-state index contributed by atoms with van der Waals surface area (Å²) in [6.07, 6.45) is 8.19. The fraction of sp³-hybridized carbons (Fsp3) is 0.571. The van der Waals surface area contributed by atoms with Crippen molar-refractivity contribution in [3.63, 3.8) is 0 Å². The molecule has 2 saturated carbocycles. The molecule has 0 saturated heterocycles. The van der Waals surface area contributed by atoms with Crippen LogP contribution < -0.4 is 16.0 Å². The van der Waals surface area contributed by atoms with E-state index in [1.54, 1.807) is 11.3 Å². The van der Waals surface area contributed by atoms with Gasteiger partial charge < -0.3 is 10.2 Å². The number of nitrogens with one attached hydrogen (secondary N) is 2. The second kappa shape index (κ2) is 10.8. The topological polar surface area (TPSA) is 131 Å². The summed E-state index contributed by atoms with van der Waals surface area (Å²) in [6, 6.07) is 0.211. The van der Waals surface area contributed by atoms with E-state index in [9.17, 15) is 4.79 Å². The molecule has 6 rings (SSSR count). The van der Waals surface area contributed by atoms with E-state index in [1.165, 1.54) is 32.1 Å². The van der Waals surface area contributed by atoms with Crippen LogP contribution in [0.1, 0.15) is 69.5 Å². The maximum absolute atomic E-state index is 11.7. The molecule has 1 unspecified atom stereocenters. The monoisotopic (exact) mass is 563 g/mol. The lowest BCUT2D eigenvalue weighted by Crippen LogP contribution is -2.31. The van der Waals surface area contributed by atoms with Crippen LogP contribution in [-0.2, 0) is 6.54 Å². The van der Waals surface area contributed by atoms with Gasteiger partial charge in [-0.1, -0.05) is 37.9 Å². The van der Waals surface area contributed by atoms with E-state index < -0.39 is 5.76 Å². The smallest absolute Gasteiger partial charge is 0.365 e. The van der Waals surface area contributed by atoms with Gasteiger partial charge in [-0.3, -0.25) is 14.1 Å². The first-order chi connectivity index (χ1) is 19.3. The first-order valence-electron chi connectivity index (χ1n) is 14.2. The Labute approximate surface area is 237 Å². The van der Waals surface area contributed by atoms with E-state index in [0.29, 0.717) is 29.8 Å². The molecule has 1 atom stereocenters. The highest BCUT2D eigenvalue weighted by atomic mass is 32.1. The predicted molar refractivity (Wildman–Crippen MR) is 157 cm³/mol. The molecule has 12 heteroatoms. The molecule has 2 aliphatic carbocycles. The number of hydrogen-bond donors (Lipinski definition) is 2. The summed E-state index contributed by atoms with van der Waals surface area (Å²) < 4.78 is 6.92. The molecule has 0 amide bonds. The standard InChI is InChI=1S/C28H37N9O2S/c1-15-9-11-20(12-10-15)18(4)37-22-23(30-17(3)19-7-6-8-19)31-25(26-34-28(38)39-35-26)32-24(22)33-27(37)36(5)13-21-29-16(2)14-40-21/h14-15,17,19-20H,4,6-13H2,1-3,5H3,(H,30,31,32)(H,34,35,38). The van der Waals surface area contributed by atoms with Crippen molar-refractivity contribution in [1.82, 2.24) is 34.6 Å². The van der Waals surface area contributed by atoms with Crippen molar-refractivity contribution >= 4 is 40.0 Å². The maximum Gasteiger partial charge on any atom is 0.439 e. The molecule has 4 aromatic heterocycles. The van der Waals surface area contributed by atoms with Gasteiger partial charge in [-0.15, -0.1) is 11.3 Å². The summed E-state index contributed by atoms with van der Waals surface area (Å²) in [5.74, 6) is 2.83. The summed E-state index contributed by atoms with van der Waals surface area (Å²) in [4.78, 5) is 35.8. The summed E-state index contributed by atoms with van der Waals surface area (Å²) in [5, 5.41) is 10.6. The van der Waals surface area contributed by atoms with Crippen LogP contribution >= 0.6 is 11.3 Å². The van der Waals surface area contributed by atoms with E-state index in [1.807, 2.05) is 14.0 Å². The van der Waals surface area contributed by atoms with Gasteiger partial charge in [0.05, 0.1) is 6.54 Å². The number of H-pyrrole nitrogens is 1. The highest BCUT2D eigenvalue weighted by Crippen LogP contribution is 2.40. The molecule has 0 spiro atoms. The van der Waals surface area contributed by atoms with E-state index in [0.717, 1.165) is 46.6 Å². The molecular formula is C28H37N9O2S. The number of nitrogens with zero attached hydrogens (tertiary/aromatic N) is 7. The van der Waals surface area contributed by atoms with Crippen LogP contribution in [0.4, 0.5) is 11.8 Å². The van der Waals surface area contributed by atoms with Crippen LogP contribution in [0.3, 0.4) is 0 Å².